The topological polar surface area (TPSA) is 84.2 Å². The zero-order valence-electron chi connectivity index (χ0n) is 13.8. The Labute approximate surface area is 145 Å². The second-order valence-electron chi connectivity index (χ2n) is 6.06. The Hall–Kier alpha value is -2.34. The summed E-state index contributed by atoms with van der Waals surface area (Å²) >= 11 is 5.98. The lowest BCUT2D eigenvalue weighted by Crippen LogP contribution is -2.41. The van der Waals surface area contributed by atoms with Gasteiger partial charge in [0.05, 0.1) is 5.69 Å². The lowest BCUT2D eigenvalue weighted by molar-refractivity contribution is -0.139. The van der Waals surface area contributed by atoms with Gasteiger partial charge in [-0.15, -0.1) is 0 Å². The maximum absolute atomic E-state index is 12.3. The Morgan fingerprint density at radius 1 is 1.33 bits per heavy atom. The Kier molecular flexibility index (Phi) is 5.62. The Bertz CT molecular complexity index is 755. The van der Waals surface area contributed by atoms with Crippen LogP contribution in [0.1, 0.15) is 36.5 Å². The molecular weight excluding hydrogens is 330 g/mol. The smallest absolute Gasteiger partial charge is 0.326 e. The van der Waals surface area contributed by atoms with Gasteiger partial charge in [0.2, 0.25) is 0 Å². The monoisotopic (exact) mass is 349 g/mol. The van der Waals surface area contributed by atoms with E-state index in [0.29, 0.717) is 11.4 Å². The lowest BCUT2D eigenvalue weighted by atomic mass is 10.0. The van der Waals surface area contributed by atoms with Crippen molar-refractivity contribution in [2.45, 2.75) is 33.2 Å². The standard InChI is InChI=1S/C17H20ClN3O3/c1-10(2)7-15(17(23)24)19-16(22)14-8-11(3)21(20-14)13-6-4-5-12(18)9-13/h4-6,8-10,15H,7H2,1-3H3,(H,19,22)(H,23,24)/t15-/m1/s1. The molecule has 0 fully saturated rings. The first-order valence-electron chi connectivity index (χ1n) is 7.64. The summed E-state index contributed by atoms with van der Waals surface area (Å²) in [7, 11) is 0. The molecule has 0 aliphatic rings. The Morgan fingerprint density at radius 3 is 2.62 bits per heavy atom. The van der Waals surface area contributed by atoms with E-state index in [4.69, 9.17) is 11.6 Å². The number of carboxylic acid groups (broad SMARTS) is 1. The van der Waals surface area contributed by atoms with Crippen LogP contribution in [0.4, 0.5) is 0 Å². The summed E-state index contributed by atoms with van der Waals surface area (Å²) in [5.74, 6) is -1.41. The number of rotatable bonds is 6. The predicted molar refractivity (Wildman–Crippen MR) is 91.7 cm³/mol. The predicted octanol–water partition coefficient (Wildman–Crippen LogP) is 3.06. The zero-order valence-corrected chi connectivity index (χ0v) is 14.5. The molecule has 0 unspecified atom stereocenters. The summed E-state index contributed by atoms with van der Waals surface area (Å²) in [5, 5.41) is 16.6. The quantitative estimate of drug-likeness (QED) is 0.839. The van der Waals surface area contributed by atoms with Gasteiger partial charge in [0, 0.05) is 10.7 Å². The molecule has 0 saturated heterocycles. The number of nitrogens with one attached hydrogen (secondary N) is 1. The number of aliphatic carboxylic acids is 1. The molecule has 1 aromatic heterocycles. The number of carboxylic acids is 1. The molecule has 0 saturated carbocycles. The van der Waals surface area contributed by atoms with Gasteiger partial charge in [0.15, 0.2) is 5.69 Å². The van der Waals surface area contributed by atoms with Crippen molar-refractivity contribution in [2.24, 2.45) is 5.92 Å². The van der Waals surface area contributed by atoms with Gasteiger partial charge in [-0.2, -0.15) is 5.10 Å². The second kappa shape index (κ2) is 7.49. The van der Waals surface area contributed by atoms with E-state index in [-0.39, 0.29) is 11.6 Å². The third kappa shape index (κ3) is 4.35. The van der Waals surface area contributed by atoms with Gasteiger partial charge < -0.3 is 10.4 Å². The Balaban J connectivity index is 2.22. The molecule has 0 aliphatic carbocycles. The van der Waals surface area contributed by atoms with Crippen molar-refractivity contribution in [1.29, 1.82) is 0 Å². The minimum Gasteiger partial charge on any atom is -0.480 e. The van der Waals surface area contributed by atoms with Crippen LogP contribution in [0.15, 0.2) is 30.3 Å². The van der Waals surface area contributed by atoms with E-state index in [2.05, 4.69) is 10.4 Å². The molecule has 0 radical (unpaired) electrons. The highest BCUT2D eigenvalue weighted by Gasteiger charge is 2.23. The number of aromatic nitrogens is 2. The number of aryl methyl sites for hydroxylation is 1. The third-order valence-corrected chi connectivity index (χ3v) is 3.72. The number of nitrogens with zero attached hydrogens (tertiary/aromatic N) is 2. The van der Waals surface area contributed by atoms with Crippen LogP contribution in [-0.4, -0.2) is 32.8 Å². The van der Waals surface area contributed by atoms with Gasteiger partial charge in [-0.3, -0.25) is 4.79 Å². The normalized spacial score (nSPS) is 12.2. The fraction of sp³-hybridized carbons (Fsp3) is 0.353. The maximum atomic E-state index is 12.3. The lowest BCUT2D eigenvalue weighted by Gasteiger charge is -2.15. The van der Waals surface area contributed by atoms with E-state index in [9.17, 15) is 14.7 Å². The van der Waals surface area contributed by atoms with E-state index in [1.807, 2.05) is 26.8 Å². The summed E-state index contributed by atoms with van der Waals surface area (Å²) < 4.78 is 1.60. The number of hydrogen-bond acceptors (Lipinski definition) is 3. The zero-order chi connectivity index (χ0) is 17.9. The highest BCUT2D eigenvalue weighted by molar-refractivity contribution is 6.30. The van der Waals surface area contributed by atoms with Gasteiger partial charge in [-0.05, 0) is 43.5 Å². The van der Waals surface area contributed by atoms with E-state index in [0.717, 1.165) is 11.4 Å². The number of amides is 1. The Morgan fingerprint density at radius 2 is 2.04 bits per heavy atom. The van der Waals surface area contributed by atoms with E-state index < -0.39 is 17.9 Å². The minimum atomic E-state index is -1.05. The summed E-state index contributed by atoms with van der Waals surface area (Å²) in [6.07, 6.45) is 0.356. The molecular formula is C17H20ClN3O3. The van der Waals surface area contributed by atoms with Crippen LogP contribution < -0.4 is 5.32 Å². The van der Waals surface area contributed by atoms with E-state index in [1.54, 1.807) is 28.9 Å². The molecule has 1 atom stereocenters. The van der Waals surface area contributed by atoms with Crippen molar-refractivity contribution >= 4 is 23.5 Å². The van der Waals surface area contributed by atoms with E-state index in [1.165, 1.54) is 0 Å². The molecule has 1 aromatic carbocycles. The first-order chi connectivity index (χ1) is 11.3. The first-order valence-corrected chi connectivity index (χ1v) is 8.02. The molecule has 1 heterocycles. The van der Waals surface area contributed by atoms with Crippen molar-refractivity contribution < 1.29 is 14.7 Å². The van der Waals surface area contributed by atoms with Crippen molar-refractivity contribution in [3.05, 3.63) is 46.7 Å². The SMILES string of the molecule is Cc1cc(C(=O)N[C@H](CC(C)C)C(=O)O)nn1-c1cccc(Cl)c1. The maximum Gasteiger partial charge on any atom is 0.326 e. The van der Waals surface area contributed by atoms with Gasteiger partial charge in [0.25, 0.3) is 5.91 Å². The highest BCUT2D eigenvalue weighted by Crippen LogP contribution is 2.17. The molecule has 0 spiro atoms. The number of halogens is 1. The molecule has 1 amide bonds. The van der Waals surface area contributed by atoms with Crippen LogP contribution in [0.3, 0.4) is 0 Å². The van der Waals surface area contributed by atoms with Gasteiger partial charge >= 0.3 is 5.97 Å². The van der Waals surface area contributed by atoms with Crippen LogP contribution in [0.25, 0.3) is 5.69 Å². The molecule has 6 nitrogen and oxygen atoms in total. The highest BCUT2D eigenvalue weighted by atomic mass is 35.5. The summed E-state index contributed by atoms with van der Waals surface area (Å²) in [4.78, 5) is 23.6. The molecule has 7 heteroatoms. The molecule has 2 rings (SSSR count). The molecule has 2 aromatic rings. The van der Waals surface area contributed by atoms with Crippen LogP contribution in [0.5, 0.6) is 0 Å². The van der Waals surface area contributed by atoms with Crippen LogP contribution in [-0.2, 0) is 4.79 Å². The summed E-state index contributed by atoms with van der Waals surface area (Å²) in [6.45, 7) is 5.62. The van der Waals surface area contributed by atoms with Crippen molar-refractivity contribution in [1.82, 2.24) is 15.1 Å². The van der Waals surface area contributed by atoms with Crippen molar-refractivity contribution in [3.8, 4) is 5.69 Å². The average molecular weight is 350 g/mol. The molecule has 128 valence electrons. The number of carbonyl (C=O) groups excluding carboxylic acids is 1. The fourth-order valence-corrected chi connectivity index (χ4v) is 2.56. The van der Waals surface area contributed by atoms with Crippen molar-refractivity contribution in [2.75, 3.05) is 0 Å². The summed E-state index contributed by atoms with van der Waals surface area (Å²) in [5.41, 5.74) is 1.65. The van der Waals surface area contributed by atoms with E-state index >= 15 is 0 Å². The van der Waals surface area contributed by atoms with Crippen LogP contribution >= 0.6 is 11.6 Å². The fourth-order valence-electron chi connectivity index (χ4n) is 2.38. The number of hydrogen-bond donors (Lipinski definition) is 2. The number of benzene rings is 1. The molecule has 0 aliphatic heterocycles. The third-order valence-electron chi connectivity index (χ3n) is 3.48. The molecule has 24 heavy (non-hydrogen) atoms. The number of carbonyl (C=O) groups is 2. The van der Waals surface area contributed by atoms with Crippen molar-refractivity contribution in [3.63, 3.8) is 0 Å². The average Bonchev–Trinajstić information content (AvgIpc) is 2.88. The molecule has 0 bridgehead atoms. The second-order valence-corrected chi connectivity index (χ2v) is 6.49. The minimum absolute atomic E-state index is 0.150. The van der Waals surface area contributed by atoms with Crippen LogP contribution in [0, 0.1) is 12.8 Å². The van der Waals surface area contributed by atoms with Gasteiger partial charge in [-0.1, -0.05) is 31.5 Å². The van der Waals surface area contributed by atoms with Gasteiger partial charge in [-0.25, -0.2) is 9.48 Å². The largest absolute Gasteiger partial charge is 0.480 e. The van der Waals surface area contributed by atoms with Crippen LogP contribution in [0.2, 0.25) is 5.02 Å². The summed E-state index contributed by atoms with van der Waals surface area (Å²) in [6, 6.07) is 7.79. The van der Waals surface area contributed by atoms with Gasteiger partial charge in [0.1, 0.15) is 6.04 Å². The molecule has 2 N–H and O–H groups in total. The first kappa shape index (κ1) is 18.0.